The Labute approximate surface area is 205 Å². The van der Waals surface area contributed by atoms with Crippen molar-refractivity contribution in [1.82, 2.24) is 10.2 Å². The zero-order valence-electron chi connectivity index (χ0n) is 19.3. The molecule has 2 aliphatic rings. The smallest absolute Gasteiger partial charge is 0.397 e. The molecule has 1 saturated heterocycles. The molecule has 0 bridgehead atoms. The summed E-state index contributed by atoms with van der Waals surface area (Å²) in [5.74, 6) is -3.79. The molecule has 1 fully saturated rings. The standard InChI is InChI=1S/C24H26N4O8/c29-11-8-25-5-6-26-13-1-2-14(27-7-9-28-10-12-36-24(35)23(28)34)18-17(13)21(32)19-15(30)3-4-16(31)20(19)22(18)33/h1-4,25-27,29-31H,5-12H2. The SMILES string of the molecule is O=C1OCCN(CCNc2ccc(NCCNCCO)c3c2C(=O)c2c(O)ccc(O)c2C3=O)C1=O. The Morgan fingerprint density at radius 3 is 1.94 bits per heavy atom. The number of ether oxygens (including phenoxy) is 1. The summed E-state index contributed by atoms with van der Waals surface area (Å²) >= 11 is 0. The predicted octanol–water partition coefficient (Wildman–Crippen LogP) is -0.336. The number of ketones is 2. The van der Waals surface area contributed by atoms with E-state index in [0.717, 1.165) is 12.1 Å². The van der Waals surface area contributed by atoms with Crippen molar-refractivity contribution in [2.45, 2.75) is 0 Å². The van der Waals surface area contributed by atoms with E-state index in [0.29, 0.717) is 31.0 Å². The minimum absolute atomic E-state index is 0.0195. The Hall–Kier alpha value is -4.16. The number of aliphatic hydroxyl groups is 1. The number of anilines is 2. The van der Waals surface area contributed by atoms with Gasteiger partial charge in [-0.1, -0.05) is 0 Å². The lowest BCUT2D eigenvalue weighted by molar-refractivity contribution is -0.166. The van der Waals surface area contributed by atoms with Crippen LogP contribution in [0.25, 0.3) is 0 Å². The molecule has 0 unspecified atom stereocenters. The van der Waals surface area contributed by atoms with Crippen molar-refractivity contribution >= 4 is 34.8 Å². The molecule has 0 saturated carbocycles. The van der Waals surface area contributed by atoms with Gasteiger partial charge in [0.05, 0.1) is 35.4 Å². The normalized spacial score (nSPS) is 14.9. The number of esters is 1. The Balaban J connectivity index is 1.64. The van der Waals surface area contributed by atoms with Crippen molar-refractivity contribution in [1.29, 1.82) is 0 Å². The first-order chi connectivity index (χ1) is 17.3. The summed E-state index contributed by atoms with van der Waals surface area (Å²) in [6, 6.07) is 5.52. The van der Waals surface area contributed by atoms with Gasteiger partial charge in [0.25, 0.3) is 0 Å². The van der Waals surface area contributed by atoms with Crippen LogP contribution in [0, 0.1) is 0 Å². The summed E-state index contributed by atoms with van der Waals surface area (Å²) in [5.41, 5.74) is 0.161. The van der Waals surface area contributed by atoms with Crippen LogP contribution in [0.2, 0.25) is 0 Å². The Bertz CT molecular complexity index is 1230. The average molecular weight is 498 g/mol. The van der Waals surface area contributed by atoms with Gasteiger partial charge in [-0.2, -0.15) is 0 Å². The molecule has 1 amide bonds. The van der Waals surface area contributed by atoms with Gasteiger partial charge in [0.1, 0.15) is 18.1 Å². The molecule has 0 radical (unpaired) electrons. The highest BCUT2D eigenvalue weighted by Gasteiger charge is 2.38. The summed E-state index contributed by atoms with van der Waals surface area (Å²) in [5, 5.41) is 38.7. The fourth-order valence-electron chi connectivity index (χ4n) is 4.23. The van der Waals surface area contributed by atoms with Crippen LogP contribution in [-0.2, 0) is 14.3 Å². The average Bonchev–Trinajstić information content (AvgIpc) is 2.86. The van der Waals surface area contributed by atoms with E-state index < -0.39 is 34.9 Å². The van der Waals surface area contributed by atoms with Crippen LogP contribution in [0.15, 0.2) is 24.3 Å². The number of nitrogens with zero attached hydrogens (tertiary/aromatic N) is 1. The second-order valence-corrected chi connectivity index (χ2v) is 8.18. The summed E-state index contributed by atoms with van der Waals surface area (Å²) < 4.78 is 4.71. The Kier molecular flexibility index (Phi) is 7.36. The van der Waals surface area contributed by atoms with E-state index in [1.807, 2.05) is 0 Å². The molecule has 36 heavy (non-hydrogen) atoms. The van der Waals surface area contributed by atoms with E-state index in [1.165, 1.54) is 4.90 Å². The van der Waals surface area contributed by atoms with Gasteiger partial charge in [0.15, 0.2) is 0 Å². The summed E-state index contributed by atoms with van der Waals surface area (Å²) in [4.78, 5) is 51.8. The van der Waals surface area contributed by atoms with Crippen molar-refractivity contribution in [3.63, 3.8) is 0 Å². The maximum Gasteiger partial charge on any atom is 0.397 e. The quantitative estimate of drug-likeness (QED) is 0.0933. The molecule has 1 aliphatic carbocycles. The lowest BCUT2D eigenvalue weighted by atomic mass is 9.81. The van der Waals surface area contributed by atoms with E-state index in [1.54, 1.807) is 12.1 Å². The number of amides is 1. The lowest BCUT2D eigenvalue weighted by Crippen LogP contribution is -2.46. The van der Waals surface area contributed by atoms with E-state index >= 15 is 0 Å². The monoisotopic (exact) mass is 498 g/mol. The van der Waals surface area contributed by atoms with Gasteiger partial charge < -0.3 is 40.9 Å². The summed E-state index contributed by atoms with van der Waals surface area (Å²) in [6.07, 6.45) is 0. The van der Waals surface area contributed by atoms with Gasteiger partial charge in [-0.05, 0) is 24.3 Å². The first-order valence-electron chi connectivity index (χ1n) is 11.4. The van der Waals surface area contributed by atoms with Crippen LogP contribution < -0.4 is 16.0 Å². The van der Waals surface area contributed by atoms with Gasteiger partial charge in [0.2, 0.25) is 11.6 Å². The first-order valence-corrected chi connectivity index (χ1v) is 11.4. The summed E-state index contributed by atoms with van der Waals surface area (Å²) in [6.45, 7) is 1.91. The number of fused-ring (bicyclic) bond motifs is 2. The zero-order valence-corrected chi connectivity index (χ0v) is 19.3. The van der Waals surface area contributed by atoms with Crippen LogP contribution in [0.5, 0.6) is 11.5 Å². The molecule has 0 atom stereocenters. The van der Waals surface area contributed by atoms with Crippen molar-refractivity contribution in [2.24, 2.45) is 0 Å². The first kappa shape index (κ1) is 24.9. The predicted molar refractivity (Wildman–Crippen MR) is 128 cm³/mol. The number of carbonyl (C=O) groups excluding carboxylic acids is 4. The number of aliphatic hydroxyl groups excluding tert-OH is 1. The van der Waals surface area contributed by atoms with Crippen LogP contribution >= 0.6 is 0 Å². The second kappa shape index (κ2) is 10.6. The second-order valence-electron chi connectivity index (χ2n) is 8.18. The lowest BCUT2D eigenvalue weighted by Gasteiger charge is -2.27. The molecule has 4 rings (SSSR count). The number of phenols is 2. The number of benzene rings is 2. The number of hydrogen-bond acceptors (Lipinski definition) is 11. The highest BCUT2D eigenvalue weighted by molar-refractivity contribution is 6.34. The summed E-state index contributed by atoms with van der Waals surface area (Å²) in [7, 11) is 0. The number of cyclic esters (lactones) is 1. The highest BCUT2D eigenvalue weighted by Crippen LogP contribution is 2.42. The Morgan fingerprint density at radius 2 is 1.36 bits per heavy atom. The molecule has 2 aromatic carbocycles. The van der Waals surface area contributed by atoms with E-state index in [-0.39, 0.29) is 55.1 Å². The number of hydrogen-bond donors (Lipinski definition) is 6. The molecule has 1 heterocycles. The van der Waals surface area contributed by atoms with E-state index in [4.69, 9.17) is 9.84 Å². The van der Waals surface area contributed by atoms with Crippen molar-refractivity contribution in [3.05, 3.63) is 46.5 Å². The van der Waals surface area contributed by atoms with Crippen molar-refractivity contribution < 1.29 is 39.2 Å². The maximum absolute atomic E-state index is 13.5. The molecule has 12 heteroatoms. The number of rotatable bonds is 10. The maximum atomic E-state index is 13.5. The van der Waals surface area contributed by atoms with Gasteiger partial charge in [-0.25, -0.2) is 4.79 Å². The van der Waals surface area contributed by atoms with Crippen LogP contribution in [0.4, 0.5) is 11.4 Å². The Morgan fingerprint density at radius 1 is 0.778 bits per heavy atom. The third-order valence-corrected chi connectivity index (χ3v) is 5.93. The van der Waals surface area contributed by atoms with E-state index in [2.05, 4.69) is 16.0 Å². The molecular weight excluding hydrogens is 472 g/mol. The fraction of sp³-hybridized carbons (Fsp3) is 0.333. The molecule has 6 N–H and O–H groups in total. The number of carbonyl (C=O) groups is 4. The topological polar surface area (TPSA) is 178 Å². The molecular formula is C24H26N4O8. The molecule has 0 aromatic heterocycles. The third kappa shape index (κ3) is 4.68. The fourth-order valence-corrected chi connectivity index (χ4v) is 4.23. The highest BCUT2D eigenvalue weighted by atomic mass is 16.5. The minimum atomic E-state index is -0.921. The number of morpholine rings is 1. The molecule has 0 spiro atoms. The van der Waals surface area contributed by atoms with Gasteiger partial charge in [-0.15, -0.1) is 0 Å². The molecule has 190 valence electrons. The third-order valence-electron chi connectivity index (χ3n) is 5.93. The minimum Gasteiger partial charge on any atom is -0.507 e. The molecule has 12 nitrogen and oxygen atoms in total. The molecule has 1 aliphatic heterocycles. The zero-order chi connectivity index (χ0) is 25.8. The van der Waals surface area contributed by atoms with Crippen LogP contribution in [-0.4, -0.2) is 96.1 Å². The number of nitrogens with one attached hydrogen (secondary N) is 3. The van der Waals surface area contributed by atoms with Gasteiger partial charge >= 0.3 is 11.9 Å². The van der Waals surface area contributed by atoms with Gasteiger partial charge in [-0.3, -0.25) is 14.4 Å². The largest absolute Gasteiger partial charge is 0.507 e. The number of aromatic hydroxyl groups is 2. The number of phenolic OH excluding ortho intramolecular Hbond substituents is 2. The van der Waals surface area contributed by atoms with Crippen LogP contribution in [0.3, 0.4) is 0 Å². The van der Waals surface area contributed by atoms with Gasteiger partial charge in [0, 0.05) is 44.1 Å². The van der Waals surface area contributed by atoms with Crippen molar-refractivity contribution in [3.8, 4) is 11.5 Å². The van der Waals surface area contributed by atoms with Crippen molar-refractivity contribution in [2.75, 3.05) is 63.1 Å². The van der Waals surface area contributed by atoms with Crippen LogP contribution in [0.1, 0.15) is 31.8 Å². The van der Waals surface area contributed by atoms with E-state index in [9.17, 15) is 29.4 Å². The molecule has 2 aromatic rings.